The molecule has 1 heterocycles. The average molecular weight is 223 g/mol. The van der Waals surface area contributed by atoms with Crippen molar-refractivity contribution in [2.45, 2.75) is 13.5 Å². The summed E-state index contributed by atoms with van der Waals surface area (Å²) in [4.78, 5) is 14.6. The molecular weight excluding hydrogens is 206 g/mol. The van der Waals surface area contributed by atoms with Crippen molar-refractivity contribution in [2.24, 2.45) is 5.73 Å². The van der Waals surface area contributed by atoms with Gasteiger partial charge in [0.15, 0.2) is 0 Å². The minimum Gasteiger partial charge on any atom is -0.370 e. The lowest BCUT2D eigenvalue weighted by Gasteiger charge is -2.04. The van der Waals surface area contributed by atoms with Crippen LogP contribution in [0.5, 0.6) is 0 Å². The highest BCUT2D eigenvalue weighted by Gasteiger charge is 1.95. The lowest BCUT2D eigenvalue weighted by molar-refractivity contribution is -0.122. The molecule has 0 radical (unpaired) electrons. The number of carbonyl (C=O) groups is 1. The Bertz CT molecular complexity index is 325. The molecule has 0 atom stereocenters. The molecule has 5 heteroatoms. The maximum Gasteiger partial charge on any atom is 0.243 e. The molecule has 0 spiro atoms. The summed E-state index contributed by atoms with van der Waals surface area (Å²) in [5.41, 5.74) is 7.05. The van der Waals surface area contributed by atoms with Crippen LogP contribution < -0.4 is 11.1 Å². The van der Waals surface area contributed by atoms with Crippen LogP contribution in [0.2, 0.25) is 0 Å². The predicted octanol–water partition coefficient (Wildman–Crippen LogP) is -0.0185. The van der Waals surface area contributed by atoms with Gasteiger partial charge in [0.2, 0.25) is 5.91 Å². The van der Waals surface area contributed by atoms with E-state index in [1.165, 1.54) is 0 Å². The SMILES string of the molecule is Cc1ccc(CNCCOCC(N)=O)nc1. The van der Waals surface area contributed by atoms with Crippen molar-refractivity contribution in [3.05, 3.63) is 29.6 Å². The van der Waals surface area contributed by atoms with Gasteiger partial charge in [-0.05, 0) is 18.6 Å². The summed E-state index contributed by atoms with van der Waals surface area (Å²) in [6.07, 6.45) is 1.83. The fourth-order valence-corrected chi connectivity index (χ4v) is 1.14. The Kier molecular flexibility index (Phi) is 5.45. The number of pyridine rings is 1. The third kappa shape index (κ3) is 5.43. The average Bonchev–Trinajstić information content (AvgIpc) is 2.25. The van der Waals surface area contributed by atoms with Crippen LogP contribution >= 0.6 is 0 Å². The Balaban J connectivity index is 2.07. The second-order valence-corrected chi connectivity index (χ2v) is 3.52. The lowest BCUT2D eigenvalue weighted by Crippen LogP contribution is -2.24. The summed E-state index contributed by atoms with van der Waals surface area (Å²) in [5, 5.41) is 3.16. The Morgan fingerprint density at radius 3 is 3.00 bits per heavy atom. The number of aryl methyl sites for hydroxylation is 1. The van der Waals surface area contributed by atoms with E-state index in [2.05, 4.69) is 10.3 Å². The van der Waals surface area contributed by atoms with Crippen molar-refractivity contribution < 1.29 is 9.53 Å². The van der Waals surface area contributed by atoms with Crippen LogP contribution in [0.4, 0.5) is 0 Å². The summed E-state index contributed by atoms with van der Waals surface area (Å²) in [7, 11) is 0. The first-order valence-electron chi connectivity index (χ1n) is 5.17. The molecular formula is C11H17N3O2. The van der Waals surface area contributed by atoms with Gasteiger partial charge in [-0.1, -0.05) is 6.07 Å². The molecule has 1 amide bonds. The molecule has 0 aliphatic rings. The third-order valence-electron chi connectivity index (χ3n) is 1.95. The molecule has 1 rings (SSSR count). The molecule has 0 saturated carbocycles. The fourth-order valence-electron chi connectivity index (χ4n) is 1.14. The molecule has 88 valence electrons. The quantitative estimate of drug-likeness (QED) is 0.637. The first-order valence-corrected chi connectivity index (χ1v) is 5.17. The van der Waals surface area contributed by atoms with Gasteiger partial charge in [-0.25, -0.2) is 0 Å². The number of primary amides is 1. The van der Waals surface area contributed by atoms with Crippen LogP contribution in [0.15, 0.2) is 18.3 Å². The van der Waals surface area contributed by atoms with Crippen molar-refractivity contribution in [1.29, 1.82) is 0 Å². The van der Waals surface area contributed by atoms with Gasteiger partial charge in [0, 0.05) is 19.3 Å². The van der Waals surface area contributed by atoms with E-state index >= 15 is 0 Å². The first-order chi connectivity index (χ1) is 7.68. The first kappa shape index (κ1) is 12.6. The monoisotopic (exact) mass is 223 g/mol. The number of ether oxygens (including phenoxy) is 1. The van der Waals surface area contributed by atoms with Crippen LogP contribution in [0.1, 0.15) is 11.3 Å². The molecule has 5 nitrogen and oxygen atoms in total. The molecule has 0 saturated heterocycles. The molecule has 1 aromatic rings. The summed E-state index contributed by atoms with van der Waals surface area (Å²) >= 11 is 0. The number of nitrogens with one attached hydrogen (secondary N) is 1. The molecule has 0 fully saturated rings. The van der Waals surface area contributed by atoms with E-state index in [0.29, 0.717) is 19.7 Å². The van der Waals surface area contributed by atoms with Gasteiger partial charge in [0.05, 0.1) is 12.3 Å². The highest BCUT2D eigenvalue weighted by Crippen LogP contribution is 1.97. The fraction of sp³-hybridized carbons (Fsp3) is 0.455. The number of nitrogens with zero attached hydrogens (tertiary/aromatic N) is 1. The van der Waals surface area contributed by atoms with Gasteiger partial charge in [-0.3, -0.25) is 9.78 Å². The van der Waals surface area contributed by atoms with Gasteiger partial charge in [-0.2, -0.15) is 0 Å². The highest BCUT2D eigenvalue weighted by molar-refractivity contribution is 5.74. The maximum atomic E-state index is 10.4. The minimum atomic E-state index is -0.444. The second-order valence-electron chi connectivity index (χ2n) is 3.52. The van der Waals surface area contributed by atoms with Crippen molar-refractivity contribution in [3.63, 3.8) is 0 Å². The van der Waals surface area contributed by atoms with E-state index in [9.17, 15) is 4.79 Å². The number of aromatic nitrogens is 1. The van der Waals surface area contributed by atoms with Crippen LogP contribution in [0.25, 0.3) is 0 Å². The molecule has 0 aliphatic carbocycles. The molecule has 0 bridgehead atoms. The standard InChI is InChI=1S/C11H17N3O2/c1-9-2-3-10(14-6-9)7-13-4-5-16-8-11(12)15/h2-3,6,13H,4-5,7-8H2,1H3,(H2,12,15). The summed E-state index contributed by atoms with van der Waals surface area (Å²) < 4.78 is 4.99. The van der Waals surface area contributed by atoms with Crippen LogP contribution in [-0.4, -0.2) is 30.6 Å². The van der Waals surface area contributed by atoms with E-state index in [1.54, 1.807) is 0 Å². The molecule has 1 aromatic heterocycles. The lowest BCUT2D eigenvalue weighted by atomic mass is 10.3. The molecule has 3 N–H and O–H groups in total. The van der Waals surface area contributed by atoms with Gasteiger partial charge in [-0.15, -0.1) is 0 Å². The van der Waals surface area contributed by atoms with Crippen LogP contribution in [-0.2, 0) is 16.1 Å². The predicted molar refractivity (Wildman–Crippen MR) is 60.7 cm³/mol. The van der Waals surface area contributed by atoms with Gasteiger partial charge in [0.25, 0.3) is 0 Å². The zero-order valence-electron chi connectivity index (χ0n) is 9.40. The van der Waals surface area contributed by atoms with Gasteiger partial charge in [0.1, 0.15) is 6.61 Å². The van der Waals surface area contributed by atoms with Crippen molar-refractivity contribution in [1.82, 2.24) is 10.3 Å². The molecule has 0 aromatic carbocycles. The van der Waals surface area contributed by atoms with Crippen LogP contribution in [0.3, 0.4) is 0 Å². The Hall–Kier alpha value is -1.46. The third-order valence-corrected chi connectivity index (χ3v) is 1.95. The number of hydrogen-bond acceptors (Lipinski definition) is 4. The highest BCUT2D eigenvalue weighted by atomic mass is 16.5. The van der Waals surface area contributed by atoms with E-state index in [4.69, 9.17) is 10.5 Å². The number of rotatable bonds is 7. The minimum absolute atomic E-state index is 0.0234. The number of amides is 1. The van der Waals surface area contributed by atoms with Crippen molar-refractivity contribution >= 4 is 5.91 Å². The zero-order valence-corrected chi connectivity index (χ0v) is 9.40. The second kappa shape index (κ2) is 6.92. The van der Waals surface area contributed by atoms with Gasteiger partial charge < -0.3 is 15.8 Å². The molecule has 0 aliphatic heterocycles. The maximum absolute atomic E-state index is 10.4. The van der Waals surface area contributed by atoms with Crippen LogP contribution in [0, 0.1) is 6.92 Å². The Morgan fingerprint density at radius 2 is 2.38 bits per heavy atom. The largest absolute Gasteiger partial charge is 0.370 e. The summed E-state index contributed by atoms with van der Waals surface area (Å²) in [6.45, 7) is 3.81. The topological polar surface area (TPSA) is 77.2 Å². The number of carbonyl (C=O) groups excluding carboxylic acids is 1. The van der Waals surface area contributed by atoms with Crippen molar-refractivity contribution in [3.8, 4) is 0 Å². The molecule has 0 unspecified atom stereocenters. The molecule has 16 heavy (non-hydrogen) atoms. The number of nitrogens with two attached hydrogens (primary N) is 1. The van der Waals surface area contributed by atoms with E-state index in [-0.39, 0.29) is 6.61 Å². The van der Waals surface area contributed by atoms with E-state index in [1.807, 2.05) is 25.3 Å². The van der Waals surface area contributed by atoms with Gasteiger partial charge >= 0.3 is 0 Å². The zero-order chi connectivity index (χ0) is 11.8. The summed E-state index contributed by atoms with van der Waals surface area (Å²) in [5.74, 6) is -0.444. The van der Waals surface area contributed by atoms with Crippen molar-refractivity contribution in [2.75, 3.05) is 19.8 Å². The summed E-state index contributed by atoms with van der Waals surface area (Å²) in [6, 6.07) is 4.00. The normalized spacial score (nSPS) is 10.3. The number of hydrogen-bond donors (Lipinski definition) is 2. The Morgan fingerprint density at radius 1 is 1.56 bits per heavy atom. The van der Waals surface area contributed by atoms with E-state index < -0.39 is 5.91 Å². The van der Waals surface area contributed by atoms with E-state index in [0.717, 1.165) is 11.3 Å². The Labute approximate surface area is 95.0 Å². The smallest absolute Gasteiger partial charge is 0.243 e.